The van der Waals surface area contributed by atoms with Crippen LogP contribution in [0.2, 0.25) is 0 Å². The Balaban J connectivity index is 1.43. The topological polar surface area (TPSA) is 67.8 Å². The zero-order valence-corrected chi connectivity index (χ0v) is 15.8. The Kier molecular flexibility index (Phi) is 4.23. The van der Waals surface area contributed by atoms with Gasteiger partial charge in [0, 0.05) is 37.6 Å². The Morgan fingerprint density at radius 2 is 1.93 bits per heavy atom. The Labute approximate surface area is 168 Å². The summed E-state index contributed by atoms with van der Waals surface area (Å²) in [5.74, 6) is 0.0232. The number of aromatic nitrogens is 5. The van der Waals surface area contributed by atoms with Gasteiger partial charge in [-0.25, -0.2) is 4.98 Å². The average molecular weight is 414 g/mol. The van der Waals surface area contributed by atoms with Gasteiger partial charge in [0.15, 0.2) is 5.65 Å². The summed E-state index contributed by atoms with van der Waals surface area (Å²) in [6, 6.07) is 7.82. The Hall–Kier alpha value is -3.43. The first kappa shape index (κ1) is 18.6. The fraction of sp³-hybridized carbons (Fsp3) is 0.300. The molecule has 5 heterocycles. The van der Waals surface area contributed by atoms with Crippen molar-refractivity contribution in [1.29, 1.82) is 0 Å². The zero-order valence-electron chi connectivity index (χ0n) is 15.8. The summed E-state index contributed by atoms with van der Waals surface area (Å²) in [4.78, 5) is 19.1. The molecule has 1 aliphatic rings. The number of halogens is 3. The van der Waals surface area contributed by atoms with Crippen LogP contribution in [-0.2, 0) is 6.18 Å². The number of alkyl halides is 3. The molecule has 30 heavy (non-hydrogen) atoms. The van der Waals surface area contributed by atoms with Crippen molar-refractivity contribution in [3.8, 4) is 0 Å². The van der Waals surface area contributed by atoms with Crippen LogP contribution in [0.25, 0.3) is 11.3 Å². The van der Waals surface area contributed by atoms with E-state index in [2.05, 4.69) is 15.2 Å². The molecule has 7 nitrogen and oxygen atoms in total. The van der Waals surface area contributed by atoms with Crippen LogP contribution in [0.15, 0.2) is 48.9 Å². The van der Waals surface area contributed by atoms with Crippen LogP contribution >= 0.6 is 0 Å². The summed E-state index contributed by atoms with van der Waals surface area (Å²) >= 11 is 0. The molecule has 10 heteroatoms. The molecule has 4 aromatic heterocycles. The highest BCUT2D eigenvalue weighted by atomic mass is 19.4. The molecule has 0 radical (unpaired) electrons. The highest BCUT2D eigenvalue weighted by Gasteiger charge is 2.33. The van der Waals surface area contributed by atoms with Crippen LogP contribution in [0.5, 0.6) is 0 Å². The highest BCUT2D eigenvalue weighted by Crippen LogP contribution is 2.31. The minimum atomic E-state index is -4.45. The smallest absolute Gasteiger partial charge is 0.337 e. The molecule has 4 aromatic rings. The van der Waals surface area contributed by atoms with Gasteiger partial charge < -0.3 is 9.30 Å². The van der Waals surface area contributed by atoms with Crippen molar-refractivity contribution < 1.29 is 18.0 Å². The van der Waals surface area contributed by atoms with Crippen molar-refractivity contribution in [1.82, 2.24) is 28.9 Å². The van der Waals surface area contributed by atoms with Gasteiger partial charge in [0.05, 0.1) is 5.56 Å². The molecule has 0 bridgehead atoms. The third-order valence-corrected chi connectivity index (χ3v) is 5.41. The quantitative estimate of drug-likeness (QED) is 0.504. The van der Waals surface area contributed by atoms with Gasteiger partial charge in [0.25, 0.3) is 5.91 Å². The molecule has 0 saturated carbocycles. The number of amides is 1. The summed E-state index contributed by atoms with van der Waals surface area (Å²) in [5, 5.41) is 8.13. The monoisotopic (exact) mass is 414 g/mol. The lowest BCUT2D eigenvalue weighted by Crippen LogP contribution is -2.39. The Morgan fingerprint density at radius 3 is 2.73 bits per heavy atom. The van der Waals surface area contributed by atoms with Gasteiger partial charge in [-0.1, -0.05) is 6.07 Å². The minimum absolute atomic E-state index is 0.201. The van der Waals surface area contributed by atoms with Crippen molar-refractivity contribution in [2.45, 2.75) is 24.9 Å². The third-order valence-electron chi connectivity index (χ3n) is 5.41. The van der Waals surface area contributed by atoms with Crippen LogP contribution in [0.4, 0.5) is 13.2 Å². The molecule has 0 aliphatic carbocycles. The second-order valence-electron chi connectivity index (χ2n) is 7.38. The van der Waals surface area contributed by atoms with E-state index in [1.807, 2.05) is 24.4 Å². The van der Waals surface area contributed by atoms with E-state index >= 15 is 0 Å². The highest BCUT2D eigenvalue weighted by molar-refractivity contribution is 5.93. The van der Waals surface area contributed by atoms with Gasteiger partial charge >= 0.3 is 6.18 Å². The first-order valence-corrected chi connectivity index (χ1v) is 9.55. The van der Waals surface area contributed by atoms with Gasteiger partial charge in [0.2, 0.25) is 0 Å². The fourth-order valence-electron chi connectivity index (χ4n) is 3.93. The molecule has 1 saturated heterocycles. The van der Waals surface area contributed by atoms with E-state index < -0.39 is 11.7 Å². The molecule has 0 spiro atoms. The number of pyridine rings is 2. The van der Waals surface area contributed by atoms with Crippen LogP contribution in [0.1, 0.15) is 40.6 Å². The Morgan fingerprint density at radius 1 is 1.07 bits per heavy atom. The lowest BCUT2D eigenvalue weighted by atomic mass is 9.97. The van der Waals surface area contributed by atoms with Crippen molar-refractivity contribution >= 4 is 17.2 Å². The summed E-state index contributed by atoms with van der Waals surface area (Å²) in [7, 11) is 0. The summed E-state index contributed by atoms with van der Waals surface area (Å²) in [6.45, 7) is 0.914. The molecule has 0 aromatic carbocycles. The van der Waals surface area contributed by atoms with E-state index in [1.165, 1.54) is 10.5 Å². The maximum atomic E-state index is 13.1. The standard InChI is InChI=1S/C20H17F3N6O/c21-20(22,23)14-6-7-17-25-26-18(29(17)11-14)13-4-3-9-28(10-13)19(30)15-12-27-8-2-1-5-16(27)24-15/h1-2,5-8,11-13H,3-4,9-10H2. The number of nitrogens with zero attached hydrogens (tertiary/aromatic N) is 6. The molecule has 1 fully saturated rings. The summed E-state index contributed by atoms with van der Waals surface area (Å²) in [6.07, 6.45) is 1.51. The maximum Gasteiger partial charge on any atom is 0.417 e. The van der Waals surface area contributed by atoms with Crippen molar-refractivity contribution in [2.75, 3.05) is 13.1 Å². The molecule has 1 atom stereocenters. The second kappa shape index (κ2) is 6.82. The van der Waals surface area contributed by atoms with Crippen LogP contribution in [-0.4, -0.2) is 47.9 Å². The molecule has 154 valence electrons. The van der Waals surface area contributed by atoms with E-state index in [1.54, 1.807) is 15.5 Å². The Bertz CT molecular complexity index is 1210. The van der Waals surface area contributed by atoms with Crippen molar-refractivity contribution in [2.24, 2.45) is 0 Å². The van der Waals surface area contributed by atoms with Gasteiger partial charge in [-0.2, -0.15) is 13.2 Å². The van der Waals surface area contributed by atoms with Crippen LogP contribution in [0, 0.1) is 0 Å². The average Bonchev–Trinajstić information content (AvgIpc) is 3.36. The van der Waals surface area contributed by atoms with E-state index in [4.69, 9.17) is 0 Å². The number of rotatable bonds is 2. The van der Waals surface area contributed by atoms with Crippen LogP contribution in [0.3, 0.4) is 0 Å². The molecule has 0 N–H and O–H groups in total. The SMILES string of the molecule is O=C(c1cn2ccccc2n1)N1CCCC(c2nnc3ccc(C(F)(F)F)cn23)C1. The number of piperidine rings is 1. The molecular formula is C20H17F3N6O. The number of carbonyl (C=O) groups excluding carboxylic acids is 1. The number of hydrogen-bond acceptors (Lipinski definition) is 4. The van der Waals surface area contributed by atoms with Crippen LogP contribution < -0.4 is 0 Å². The van der Waals surface area contributed by atoms with E-state index in [0.717, 1.165) is 18.7 Å². The summed E-state index contributed by atoms with van der Waals surface area (Å²) in [5.41, 5.74) is 0.608. The molecule has 1 amide bonds. The third kappa shape index (κ3) is 3.17. The second-order valence-corrected chi connectivity index (χ2v) is 7.38. The first-order chi connectivity index (χ1) is 14.4. The van der Waals surface area contributed by atoms with E-state index in [0.29, 0.717) is 42.3 Å². The fourth-order valence-corrected chi connectivity index (χ4v) is 3.93. The zero-order chi connectivity index (χ0) is 20.9. The lowest BCUT2D eigenvalue weighted by molar-refractivity contribution is -0.137. The minimum Gasteiger partial charge on any atom is -0.337 e. The van der Waals surface area contributed by atoms with Gasteiger partial charge in [-0.05, 0) is 37.1 Å². The van der Waals surface area contributed by atoms with Crippen molar-refractivity contribution in [3.05, 3.63) is 66.0 Å². The van der Waals surface area contributed by atoms with E-state index in [-0.39, 0.29) is 11.8 Å². The number of likely N-dealkylation sites (tertiary alicyclic amines) is 1. The predicted octanol–water partition coefficient (Wildman–Crippen LogP) is 3.42. The molecule has 1 aliphatic heterocycles. The maximum absolute atomic E-state index is 13.1. The van der Waals surface area contributed by atoms with Gasteiger partial charge in [-0.15, -0.1) is 10.2 Å². The number of hydrogen-bond donors (Lipinski definition) is 0. The van der Waals surface area contributed by atoms with Gasteiger partial charge in [0.1, 0.15) is 17.2 Å². The number of fused-ring (bicyclic) bond motifs is 2. The molecule has 5 rings (SSSR count). The number of imidazole rings is 1. The number of carbonyl (C=O) groups is 1. The largest absolute Gasteiger partial charge is 0.417 e. The first-order valence-electron chi connectivity index (χ1n) is 9.55. The van der Waals surface area contributed by atoms with E-state index in [9.17, 15) is 18.0 Å². The molecule has 1 unspecified atom stereocenters. The molecular weight excluding hydrogens is 397 g/mol. The van der Waals surface area contributed by atoms with Gasteiger partial charge in [-0.3, -0.25) is 9.20 Å². The normalized spacial score (nSPS) is 17.7. The van der Waals surface area contributed by atoms with Crippen molar-refractivity contribution in [3.63, 3.8) is 0 Å². The lowest BCUT2D eigenvalue weighted by Gasteiger charge is -2.31. The summed E-state index contributed by atoms with van der Waals surface area (Å²) < 4.78 is 42.5. The predicted molar refractivity (Wildman–Crippen MR) is 101 cm³/mol.